The van der Waals surface area contributed by atoms with Crippen molar-refractivity contribution in [3.05, 3.63) is 35.6 Å². The average molecular weight is 328 g/mol. The Labute approximate surface area is 133 Å². The summed E-state index contributed by atoms with van der Waals surface area (Å²) in [5.74, 6) is -1.18. The van der Waals surface area contributed by atoms with Crippen LogP contribution in [0.15, 0.2) is 24.3 Å². The van der Waals surface area contributed by atoms with E-state index in [-0.39, 0.29) is 18.9 Å². The van der Waals surface area contributed by atoms with Crippen molar-refractivity contribution in [2.75, 3.05) is 18.6 Å². The minimum absolute atomic E-state index is 0.0103. The van der Waals surface area contributed by atoms with E-state index in [1.807, 2.05) is 6.26 Å². The van der Waals surface area contributed by atoms with Crippen molar-refractivity contribution >= 4 is 23.6 Å². The molecule has 0 saturated heterocycles. The minimum Gasteiger partial charge on any atom is -0.388 e. The number of hydrogen-bond acceptors (Lipinski definition) is 4. The standard InChI is InChI=1S/C15H21FN2O3S/c1-15(21,7-8-22-2)10-18-14(20)13(19)17-9-11-3-5-12(16)6-4-11/h3-6,21H,7-10H2,1-2H3,(H,17,19)(H,18,20)/t15-/m1/s1. The second-order valence-corrected chi connectivity index (χ2v) is 6.22. The van der Waals surface area contributed by atoms with Gasteiger partial charge < -0.3 is 15.7 Å². The fourth-order valence-electron chi connectivity index (χ4n) is 1.63. The van der Waals surface area contributed by atoms with Crippen molar-refractivity contribution in [3.63, 3.8) is 0 Å². The Balaban J connectivity index is 2.35. The summed E-state index contributed by atoms with van der Waals surface area (Å²) in [7, 11) is 0. The number of nitrogens with one attached hydrogen (secondary N) is 2. The lowest BCUT2D eigenvalue weighted by Gasteiger charge is -2.23. The van der Waals surface area contributed by atoms with Gasteiger partial charge >= 0.3 is 11.8 Å². The van der Waals surface area contributed by atoms with E-state index >= 15 is 0 Å². The summed E-state index contributed by atoms with van der Waals surface area (Å²) in [6.45, 7) is 1.76. The molecule has 0 unspecified atom stereocenters. The van der Waals surface area contributed by atoms with Gasteiger partial charge in [0.05, 0.1) is 5.60 Å². The van der Waals surface area contributed by atoms with Gasteiger partial charge in [-0.15, -0.1) is 0 Å². The van der Waals surface area contributed by atoms with Crippen molar-refractivity contribution in [2.24, 2.45) is 0 Å². The van der Waals surface area contributed by atoms with Crippen LogP contribution in [0, 0.1) is 5.82 Å². The molecule has 3 N–H and O–H groups in total. The summed E-state index contributed by atoms with van der Waals surface area (Å²) in [6, 6.07) is 5.62. The molecule has 0 aliphatic rings. The van der Waals surface area contributed by atoms with Crippen LogP contribution in [0.5, 0.6) is 0 Å². The molecular formula is C15H21FN2O3S. The van der Waals surface area contributed by atoms with Crippen molar-refractivity contribution < 1.29 is 19.1 Å². The number of thioether (sulfide) groups is 1. The molecule has 1 rings (SSSR count). The molecule has 22 heavy (non-hydrogen) atoms. The third kappa shape index (κ3) is 6.91. The number of aliphatic hydroxyl groups is 1. The molecule has 0 aliphatic heterocycles. The highest BCUT2D eigenvalue weighted by Crippen LogP contribution is 2.11. The van der Waals surface area contributed by atoms with Gasteiger partial charge in [0.15, 0.2) is 0 Å². The highest BCUT2D eigenvalue weighted by Gasteiger charge is 2.22. The highest BCUT2D eigenvalue weighted by molar-refractivity contribution is 7.98. The van der Waals surface area contributed by atoms with E-state index in [2.05, 4.69) is 10.6 Å². The largest absolute Gasteiger partial charge is 0.388 e. The summed E-state index contributed by atoms with van der Waals surface area (Å²) in [4.78, 5) is 23.3. The van der Waals surface area contributed by atoms with E-state index in [0.717, 1.165) is 5.75 Å². The quantitative estimate of drug-likeness (QED) is 0.654. The number of benzene rings is 1. The van der Waals surface area contributed by atoms with Crippen LogP contribution in [0.3, 0.4) is 0 Å². The smallest absolute Gasteiger partial charge is 0.309 e. The second-order valence-electron chi connectivity index (χ2n) is 5.23. The summed E-state index contributed by atoms with van der Waals surface area (Å²) in [5, 5.41) is 14.9. The summed E-state index contributed by atoms with van der Waals surface area (Å²) < 4.78 is 12.7. The van der Waals surface area contributed by atoms with Crippen LogP contribution in [-0.2, 0) is 16.1 Å². The number of carbonyl (C=O) groups excluding carboxylic acids is 2. The summed E-state index contributed by atoms with van der Waals surface area (Å²) in [6.07, 6.45) is 2.45. The normalized spacial score (nSPS) is 13.3. The molecular weight excluding hydrogens is 307 g/mol. The molecule has 122 valence electrons. The predicted octanol–water partition coefficient (Wildman–Crippen LogP) is 1.06. The van der Waals surface area contributed by atoms with Crippen LogP contribution < -0.4 is 10.6 Å². The van der Waals surface area contributed by atoms with Gasteiger partial charge in [0.1, 0.15) is 5.82 Å². The van der Waals surface area contributed by atoms with Gasteiger partial charge in [0.2, 0.25) is 0 Å². The lowest BCUT2D eigenvalue weighted by Crippen LogP contribution is -2.46. The molecule has 0 saturated carbocycles. The molecule has 1 aromatic carbocycles. The van der Waals surface area contributed by atoms with Crippen LogP contribution in [0.4, 0.5) is 4.39 Å². The molecule has 7 heteroatoms. The van der Waals surface area contributed by atoms with Gasteiger partial charge in [0.25, 0.3) is 0 Å². The van der Waals surface area contributed by atoms with Crippen LogP contribution in [0.1, 0.15) is 18.9 Å². The molecule has 0 fully saturated rings. The number of hydrogen-bond donors (Lipinski definition) is 3. The second kappa shape index (κ2) is 8.75. The molecule has 2 amide bonds. The van der Waals surface area contributed by atoms with Gasteiger partial charge in [-0.3, -0.25) is 9.59 Å². The molecule has 0 heterocycles. The molecule has 1 aromatic rings. The maximum Gasteiger partial charge on any atom is 0.309 e. The van der Waals surface area contributed by atoms with Crippen molar-refractivity contribution in [2.45, 2.75) is 25.5 Å². The predicted molar refractivity (Wildman–Crippen MR) is 84.9 cm³/mol. The Bertz CT molecular complexity index is 506. The Morgan fingerprint density at radius 1 is 1.23 bits per heavy atom. The minimum atomic E-state index is -1.05. The fraction of sp³-hybridized carbons (Fsp3) is 0.467. The van der Waals surface area contributed by atoms with Crippen LogP contribution >= 0.6 is 11.8 Å². The van der Waals surface area contributed by atoms with E-state index in [1.165, 1.54) is 24.3 Å². The zero-order valence-corrected chi connectivity index (χ0v) is 13.5. The van der Waals surface area contributed by atoms with E-state index in [9.17, 15) is 19.1 Å². The Morgan fingerprint density at radius 3 is 2.41 bits per heavy atom. The molecule has 1 atom stereocenters. The first kappa shape index (κ1) is 18.4. The van der Waals surface area contributed by atoms with E-state index in [0.29, 0.717) is 12.0 Å². The molecule has 0 spiro atoms. The molecule has 0 bridgehead atoms. The molecule has 5 nitrogen and oxygen atoms in total. The van der Waals surface area contributed by atoms with Gasteiger partial charge in [-0.25, -0.2) is 4.39 Å². The zero-order chi connectivity index (χ0) is 16.6. The van der Waals surface area contributed by atoms with E-state index in [4.69, 9.17) is 0 Å². The highest BCUT2D eigenvalue weighted by atomic mass is 32.2. The molecule has 0 radical (unpaired) electrons. The van der Waals surface area contributed by atoms with Crippen molar-refractivity contribution in [3.8, 4) is 0 Å². The van der Waals surface area contributed by atoms with Crippen molar-refractivity contribution in [1.82, 2.24) is 10.6 Å². The maximum absolute atomic E-state index is 12.7. The Morgan fingerprint density at radius 2 is 1.82 bits per heavy atom. The number of halogens is 1. The number of amides is 2. The monoisotopic (exact) mass is 328 g/mol. The summed E-state index contributed by atoms with van der Waals surface area (Å²) in [5.41, 5.74) is -0.356. The lowest BCUT2D eigenvalue weighted by molar-refractivity contribution is -0.139. The van der Waals surface area contributed by atoms with Gasteiger partial charge in [-0.05, 0) is 43.0 Å². The first-order valence-corrected chi connectivity index (χ1v) is 8.25. The van der Waals surface area contributed by atoms with Gasteiger partial charge in [-0.1, -0.05) is 12.1 Å². The Kier molecular flexibility index (Phi) is 7.34. The topological polar surface area (TPSA) is 78.4 Å². The SMILES string of the molecule is CSCC[C@@](C)(O)CNC(=O)C(=O)NCc1ccc(F)cc1. The van der Waals surface area contributed by atoms with Gasteiger partial charge in [0, 0.05) is 13.1 Å². The molecule has 0 aliphatic carbocycles. The first-order chi connectivity index (χ1) is 10.3. The zero-order valence-electron chi connectivity index (χ0n) is 12.7. The van der Waals surface area contributed by atoms with Crippen LogP contribution in [0.2, 0.25) is 0 Å². The average Bonchev–Trinajstić information content (AvgIpc) is 2.50. The lowest BCUT2D eigenvalue weighted by atomic mass is 10.0. The summed E-state index contributed by atoms with van der Waals surface area (Å²) >= 11 is 1.60. The van der Waals surface area contributed by atoms with Gasteiger partial charge in [-0.2, -0.15) is 11.8 Å². The maximum atomic E-state index is 12.7. The Hall–Kier alpha value is -1.60. The number of carbonyl (C=O) groups is 2. The van der Waals surface area contributed by atoms with Crippen LogP contribution in [0.25, 0.3) is 0 Å². The fourth-order valence-corrected chi connectivity index (χ4v) is 2.27. The van der Waals surface area contributed by atoms with Crippen LogP contribution in [-0.4, -0.2) is 41.1 Å². The number of rotatable bonds is 7. The van der Waals surface area contributed by atoms with E-state index in [1.54, 1.807) is 18.7 Å². The molecule has 0 aromatic heterocycles. The van der Waals surface area contributed by atoms with Crippen molar-refractivity contribution in [1.29, 1.82) is 0 Å². The third-order valence-electron chi connectivity index (χ3n) is 3.05. The van der Waals surface area contributed by atoms with E-state index < -0.39 is 17.4 Å². The third-order valence-corrected chi connectivity index (χ3v) is 3.66. The first-order valence-electron chi connectivity index (χ1n) is 6.86.